The van der Waals surface area contributed by atoms with Crippen molar-refractivity contribution in [3.63, 3.8) is 0 Å². The lowest BCUT2D eigenvalue weighted by Gasteiger charge is -2.08. The molecule has 15 heavy (non-hydrogen) atoms. The van der Waals surface area contributed by atoms with Gasteiger partial charge in [-0.3, -0.25) is 4.79 Å². The van der Waals surface area contributed by atoms with E-state index in [-0.39, 0.29) is 24.4 Å². The number of halogens is 2. The van der Waals surface area contributed by atoms with Crippen LogP contribution >= 0.6 is 12.4 Å². The van der Waals surface area contributed by atoms with Gasteiger partial charge in [-0.15, -0.1) is 12.4 Å². The summed E-state index contributed by atoms with van der Waals surface area (Å²) in [6.07, 6.45) is -0.0983. The number of benzene rings is 1. The second-order valence-electron chi connectivity index (χ2n) is 2.90. The van der Waals surface area contributed by atoms with Gasteiger partial charge in [-0.1, -0.05) is 12.1 Å². The number of carboxylic acids is 1. The van der Waals surface area contributed by atoms with Crippen LogP contribution < -0.4 is 5.73 Å². The molecule has 0 radical (unpaired) electrons. The van der Waals surface area contributed by atoms with Gasteiger partial charge in [-0.05, 0) is 11.6 Å². The topological polar surface area (TPSA) is 83.5 Å². The van der Waals surface area contributed by atoms with Crippen LogP contribution in [0.2, 0.25) is 0 Å². The summed E-state index contributed by atoms with van der Waals surface area (Å²) >= 11 is 0. The molecule has 0 saturated carbocycles. The number of aromatic hydroxyl groups is 1. The van der Waals surface area contributed by atoms with Gasteiger partial charge in [0.1, 0.15) is 6.04 Å². The van der Waals surface area contributed by atoms with E-state index in [9.17, 15) is 14.3 Å². The van der Waals surface area contributed by atoms with Gasteiger partial charge in [0.2, 0.25) is 0 Å². The van der Waals surface area contributed by atoms with E-state index >= 15 is 0 Å². The van der Waals surface area contributed by atoms with Gasteiger partial charge in [0.15, 0.2) is 11.6 Å². The van der Waals surface area contributed by atoms with E-state index in [2.05, 4.69) is 0 Å². The first-order valence-electron chi connectivity index (χ1n) is 3.97. The zero-order valence-electron chi connectivity index (χ0n) is 7.68. The Labute approximate surface area is 91.9 Å². The summed E-state index contributed by atoms with van der Waals surface area (Å²) in [6.45, 7) is 0. The lowest BCUT2D eigenvalue weighted by Crippen LogP contribution is -2.32. The first-order chi connectivity index (χ1) is 6.52. The maximum atomic E-state index is 12.8. The van der Waals surface area contributed by atoms with Crippen LogP contribution in [0, 0.1) is 5.82 Å². The number of phenols is 1. The van der Waals surface area contributed by atoms with Crippen molar-refractivity contribution in [2.75, 3.05) is 0 Å². The third-order valence-corrected chi connectivity index (χ3v) is 1.83. The Morgan fingerprint density at radius 3 is 2.67 bits per heavy atom. The Morgan fingerprint density at radius 2 is 2.13 bits per heavy atom. The highest BCUT2D eigenvalue weighted by Crippen LogP contribution is 2.21. The average molecular weight is 236 g/mol. The molecule has 0 amide bonds. The Bertz CT molecular complexity index is 359. The minimum Gasteiger partial charge on any atom is -0.505 e. The van der Waals surface area contributed by atoms with Crippen LogP contribution in [0.15, 0.2) is 18.2 Å². The number of nitrogens with two attached hydrogens (primary N) is 1. The molecule has 4 nitrogen and oxygen atoms in total. The van der Waals surface area contributed by atoms with Gasteiger partial charge >= 0.3 is 5.97 Å². The third-order valence-electron chi connectivity index (χ3n) is 1.83. The molecule has 0 aliphatic rings. The molecule has 0 aliphatic heterocycles. The summed E-state index contributed by atoms with van der Waals surface area (Å²) in [5, 5.41) is 17.7. The molecule has 0 heterocycles. The summed E-state index contributed by atoms with van der Waals surface area (Å²) in [7, 11) is 0. The van der Waals surface area contributed by atoms with E-state index < -0.39 is 23.6 Å². The molecule has 4 N–H and O–H groups in total. The number of para-hydroxylation sites is 1. The smallest absolute Gasteiger partial charge is 0.320 e. The molecule has 0 fully saturated rings. The highest BCUT2D eigenvalue weighted by molar-refractivity contribution is 5.85. The lowest BCUT2D eigenvalue weighted by molar-refractivity contribution is -0.138. The van der Waals surface area contributed by atoms with Crippen LogP contribution in [0.1, 0.15) is 5.56 Å². The van der Waals surface area contributed by atoms with Crippen molar-refractivity contribution in [1.82, 2.24) is 0 Å². The fourth-order valence-corrected chi connectivity index (χ4v) is 1.05. The standard InChI is InChI=1S/C9H10FNO3.ClH/c10-6-3-1-2-5(8(6)12)4-7(11)9(13)14;/h1-3,7,12H,4,11H2,(H,13,14);1H/t7-;/m0./s1. The van der Waals surface area contributed by atoms with E-state index in [0.717, 1.165) is 6.07 Å². The second kappa shape index (κ2) is 5.53. The van der Waals surface area contributed by atoms with Crippen LogP contribution in [-0.4, -0.2) is 22.2 Å². The van der Waals surface area contributed by atoms with Gasteiger partial charge in [-0.2, -0.15) is 0 Å². The molecule has 0 spiro atoms. The van der Waals surface area contributed by atoms with E-state index in [1.54, 1.807) is 0 Å². The summed E-state index contributed by atoms with van der Waals surface area (Å²) < 4.78 is 12.8. The Kier molecular flexibility index (Phi) is 5.04. The molecule has 0 aliphatic carbocycles. The maximum absolute atomic E-state index is 12.8. The molecule has 0 unspecified atom stereocenters. The highest BCUT2D eigenvalue weighted by atomic mass is 35.5. The van der Waals surface area contributed by atoms with Crippen molar-refractivity contribution < 1.29 is 19.4 Å². The predicted octanol–water partition coefficient (Wildman–Crippen LogP) is 0.907. The van der Waals surface area contributed by atoms with E-state index in [1.165, 1.54) is 12.1 Å². The molecular weight excluding hydrogens is 225 g/mol. The molecule has 1 rings (SSSR count). The van der Waals surface area contributed by atoms with Crippen LogP contribution in [0.25, 0.3) is 0 Å². The van der Waals surface area contributed by atoms with E-state index in [1.807, 2.05) is 0 Å². The minimum absolute atomic E-state index is 0. The predicted molar refractivity (Wildman–Crippen MR) is 54.6 cm³/mol. The fourth-order valence-electron chi connectivity index (χ4n) is 1.05. The molecule has 1 atom stereocenters. The molecular formula is C9H11ClFNO3. The van der Waals surface area contributed by atoms with Gasteiger partial charge in [-0.25, -0.2) is 4.39 Å². The summed E-state index contributed by atoms with van der Waals surface area (Å²) in [5.41, 5.74) is 5.43. The van der Waals surface area contributed by atoms with Crippen molar-refractivity contribution in [3.8, 4) is 5.75 Å². The van der Waals surface area contributed by atoms with Gasteiger partial charge in [0, 0.05) is 6.42 Å². The van der Waals surface area contributed by atoms with Crippen molar-refractivity contribution in [3.05, 3.63) is 29.6 Å². The fraction of sp³-hybridized carbons (Fsp3) is 0.222. The summed E-state index contributed by atoms with van der Waals surface area (Å²) in [5.74, 6) is -2.50. The zero-order chi connectivity index (χ0) is 10.7. The first-order valence-corrected chi connectivity index (χ1v) is 3.97. The minimum atomic E-state index is -1.19. The van der Waals surface area contributed by atoms with Crippen LogP contribution in [0.3, 0.4) is 0 Å². The third kappa shape index (κ3) is 3.38. The van der Waals surface area contributed by atoms with E-state index in [0.29, 0.717) is 0 Å². The average Bonchev–Trinajstić information content (AvgIpc) is 2.12. The molecule has 6 heteroatoms. The Balaban J connectivity index is 0.00000196. The number of aliphatic carboxylic acids is 1. The number of carboxylic acid groups (broad SMARTS) is 1. The number of rotatable bonds is 3. The van der Waals surface area contributed by atoms with Crippen molar-refractivity contribution >= 4 is 18.4 Å². The molecule has 0 aromatic heterocycles. The number of phenolic OH excluding ortho intramolecular Hbond substituents is 1. The largest absolute Gasteiger partial charge is 0.505 e. The Morgan fingerprint density at radius 1 is 1.53 bits per heavy atom. The van der Waals surface area contributed by atoms with Crippen LogP contribution in [-0.2, 0) is 11.2 Å². The summed E-state index contributed by atoms with van der Waals surface area (Å²) in [6, 6.07) is 2.77. The zero-order valence-corrected chi connectivity index (χ0v) is 8.50. The quantitative estimate of drug-likeness (QED) is 0.727. The SMILES string of the molecule is Cl.N[C@@H](Cc1cccc(F)c1O)C(=O)O. The molecule has 0 bridgehead atoms. The first kappa shape index (κ1) is 13.7. The van der Waals surface area contributed by atoms with Crippen molar-refractivity contribution in [2.24, 2.45) is 5.73 Å². The van der Waals surface area contributed by atoms with Crippen molar-refractivity contribution in [1.29, 1.82) is 0 Å². The number of carbonyl (C=O) groups is 1. The normalized spacial score (nSPS) is 11.6. The highest BCUT2D eigenvalue weighted by Gasteiger charge is 2.15. The number of hydrogen-bond donors (Lipinski definition) is 3. The van der Waals surface area contributed by atoms with Crippen LogP contribution in [0.5, 0.6) is 5.75 Å². The van der Waals surface area contributed by atoms with Gasteiger partial charge in [0.05, 0.1) is 0 Å². The molecule has 0 saturated heterocycles. The summed E-state index contributed by atoms with van der Waals surface area (Å²) in [4.78, 5) is 10.4. The second-order valence-corrected chi connectivity index (χ2v) is 2.90. The monoisotopic (exact) mass is 235 g/mol. The molecule has 1 aromatic rings. The van der Waals surface area contributed by atoms with Crippen LogP contribution in [0.4, 0.5) is 4.39 Å². The Hall–Kier alpha value is -1.33. The maximum Gasteiger partial charge on any atom is 0.320 e. The molecule has 1 aromatic carbocycles. The lowest BCUT2D eigenvalue weighted by atomic mass is 10.1. The van der Waals surface area contributed by atoms with Gasteiger partial charge in [0.25, 0.3) is 0 Å². The van der Waals surface area contributed by atoms with Crippen molar-refractivity contribution in [2.45, 2.75) is 12.5 Å². The van der Waals surface area contributed by atoms with Gasteiger partial charge < -0.3 is 15.9 Å². The van der Waals surface area contributed by atoms with E-state index in [4.69, 9.17) is 10.8 Å². The molecule has 84 valence electrons. The number of hydrogen-bond acceptors (Lipinski definition) is 3.